The molecule has 0 aliphatic rings. The second-order valence-corrected chi connectivity index (χ2v) is 4.40. The lowest BCUT2D eigenvalue weighted by atomic mass is 10.2. The fraction of sp³-hybridized carbons (Fsp3) is 0.250. The zero-order valence-corrected chi connectivity index (χ0v) is 12.3. The summed E-state index contributed by atoms with van der Waals surface area (Å²) in [5.74, 6) is -0.294. The first-order valence-electron chi connectivity index (χ1n) is 5.88. The number of H-pyrrole nitrogens is 1. The van der Waals surface area contributed by atoms with Crippen LogP contribution in [0.15, 0.2) is 23.3 Å². The molecule has 1 N–H and O–H groups in total. The van der Waals surface area contributed by atoms with Crippen molar-refractivity contribution in [2.45, 2.75) is 6.18 Å². The molecule has 0 bridgehead atoms. The highest BCUT2D eigenvalue weighted by molar-refractivity contribution is 7.71. The van der Waals surface area contributed by atoms with Crippen LogP contribution in [0.2, 0.25) is 0 Å². The van der Waals surface area contributed by atoms with Gasteiger partial charge >= 0.3 is 6.18 Å². The highest BCUT2D eigenvalue weighted by Gasteiger charge is 2.37. The van der Waals surface area contributed by atoms with Crippen molar-refractivity contribution in [3.63, 3.8) is 0 Å². The Morgan fingerprint density at radius 2 is 2.05 bits per heavy atom. The van der Waals surface area contributed by atoms with Gasteiger partial charge in [-0.1, -0.05) is 0 Å². The van der Waals surface area contributed by atoms with Crippen LogP contribution in [-0.2, 0) is 6.18 Å². The van der Waals surface area contributed by atoms with Crippen molar-refractivity contribution in [2.24, 2.45) is 5.10 Å². The number of alkyl halides is 3. The van der Waals surface area contributed by atoms with Crippen molar-refractivity contribution in [1.82, 2.24) is 14.9 Å². The summed E-state index contributed by atoms with van der Waals surface area (Å²) in [5.41, 5.74) is 0.458. The molecule has 2 aromatic rings. The van der Waals surface area contributed by atoms with Gasteiger partial charge in [-0.3, -0.25) is 0 Å². The van der Waals surface area contributed by atoms with Crippen LogP contribution in [0.4, 0.5) is 13.2 Å². The molecule has 0 aliphatic carbocycles. The first-order valence-corrected chi connectivity index (χ1v) is 6.28. The molecular formula is C12H11F3N4O2S. The lowest BCUT2D eigenvalue weighted by Crippen LogP contribution is -2.12. The number of hydrogen-bond donors (Lipinski definition) is 1. The van der Waals surface area contributed by atoms with Crippen molar-refractivity contribution in [3.8, 4) is 11.5 Å². The summed E-state index contributed by atoms with van der Waals surface area (Å²) in [6.45, 7) is 0. The Balaban J connectivity index is 2.42. The molecule has 0 unspecified atom stereocenters. The molecule has 1 aromatic heterocycles. The maximum absolute atomic E-state index is 12.8. The molecular weight excluding hydrogens is 321 g/mol. The Hall–Kier alpha value is -2.36. The summed E-state index contributed by atoms with van der Waals surface area (Å²) in [6.07, 6.45) is -3.48. The molecule has 10 heteroatoms. The molecule has 0 amide bonds. The van der Waals surface area contributed by atoms with Gasteiger partial charge < -0.3 is 9.47 Å². The molecule has 0 spiro atoms. The van der Waals surface area contributed by atoms with Gasteiger partial charge in [-0.25, -0.2) is 5.10 Å². The number of methoxy groups -OCH3 is 2. The zero-order chi connectivity index (χ0) is 16.3. The molecule has 1 heterocycles. The number of hydrogen-bond acceptors (Lipinski definition) is 5. The number of rotatable bonds is 4. The number of aromatic amines is 1. The van der Waals surface area contributed by atoms with Gasteiger partial charge in [-0.05, 0) is 24.4 Å². The summed E-state index contributed by atoms with van der Waals surface area (Å²) in [7, 11) is 2.92. The zero-order valence-electron chi connectivity index (χ0n) is 11.5. The lowest BCUT2D eigenvalue weighted by Gasteiger charge is -2.07. The van der Waals surface area contributed by atoms with Crippen LogP contribution in [0.1, 0.15) is 11.4 Å². The fourth-order valence-electron chi connectivity index (χ4n) is 1.63. The SMILES string of the molecule is COc1ccc(C=Nn2c(C(F)(F)F)n[nH]c2=S)c(OC)c1. The third-order valence-electron chi connectivity index (χ3n) is 2.66. The maximum atomic E-state index is 12.8. The minimum absolute atomic E-state index is 0.268. The molecule has 0 fully saturated rings. The monoisotopic (exact) mass is 332 g/mol. The summed E-state index contributed by atoms with van der Waals surface area (Å²) in [4.78, 5) is 0. The quantitative estimate of drug-likeness (QED) is 0.691. The fourth-order valence-corrected chi connectivity index (χ4v) is 1.81. The van der Waals surface area contributed by atoms with Gasteiger partial charge in [-0.15, -0.1) is 5.10 Å². The molecule has 0 saturated heterocycles. The van der Waals surface area contributed by atoms with Gasteiger partial charge in [-0.2, -0.15) is 22.9 Å². The molecule has 0 radical (unpaired) electrons. The Labute approximate surface area is 128 Å². The number of nitrogens with one attached hydrogen (secondary N) is 1. The standard InChI is InChI=1S/C12H11F3N4O2S/c1-20-8-4-3-7(9(5-8)21-2)6-16-19-10(12(13,14)15)17-18-11(19)22/h3-6H,1-2H3,(H,18,22). The molecule has 0 atom stereocenters. The van der Waals surface area contributed by atoms with E-state index in [0.29, 0.717) is 21.7 Å². The van der Waals surface area contributed by atoms with E-state index >= 15 is 0 Å². The van der Waals surface area contributed by atoms with E-state index in [4.69, 9.17) is 21.7 Å². The first kappa shape index (κ1) is 16.0. The van der Waals surface area contributed by atoms with Crippen molar-refractivity contribution < 1.29 is 22.6 Å². The highest BCUT2D eigenvalue weighted by atomic mass is 32.1. The van der Waals surface area contributed by atoms with Gasteiger partial charge in [0.25, 0.3) is 5.82 Å². The third-order valence-corrected chi connectivity index (χ3v) is 2.92. The topological polar surface area (TPSA) is 64.4 Å². The predicted octanol–water partition coefficient (Wildman–Crippen LogP) is 2.86. The average Bonchev–Trinajstić information content (AvgIpc) is 2.86. The van der Waals surface area contributed by atoms with Crippen LogP contribution >= 0.6 is 12.2 Å². The number of aromatic nitrogens is 3. The average molecular weight is 332 g/mol. The van der Waals surface area contributed by atoms with Crippen LogP contribution in [0.5, 0.6) is 11.5 Å². The molecule has 2 rings (SSSR count). The normalized spacial score (nSPS) is 11.9. The van der Waals surface area contributed by atoms with E-state index < -0.39 is 12.0 Å². The number of benzene rings is 1. The Kier molecular flexibility index (Phi) is 4.50. The van der Waals surface area contributed by atoms with E-state index in [0.717, 1.165) is 0 Å². The molecule has 0 aliphatic heterocycles. The van der Waals surface area contributed by atoms with Gasteiger partial charge in [0.15, 0.2) is 0 Å². The van der Waals surface area contributed by atoms with E-state index in [1.807, 2.05) is 0 Å². The van der Waals surface area contributed by atoms with E-state index in [9.17, 15) is 13.2 Å². The van der Waals surface area contributed by atoms with Gasteiger partial charge in [0.05, 0.1) is 20.4 Å². The van der Waals surface area contributed by atoms with E-state index in [2.05, 4.69) is 15.3 Å². The lowest BCUT2D eigenvalue weighted by molar-refractivity contribution is -0.147. The van der Waals surface area contributed by atoms with Crippen LogP contribution in [0.25, 0.3) is 0 Å². The van der Waals surface area contributed by atoms with E-state index in [1.165, 1.54) is 20.4 Å². The number of ether oxygens (including phenoxy) is 2. The maximum Gasteiger partial charge on any atom is 0.453 e. The third kappa shape index (κ3) is 3.27. The summed E-state index contributed by atoms with van der Waals surface area (Å²) in [6, 6.07) is 4.81. The van der Waals surface area contributed by atoms with E-state index in [1.54, 1.807) is 18.2 Å². The van der Waals surface area contributed by atoms with Gasteiger partial charge in [0, 0.05) is 11.6 Å². The van der Waals surface area contributed by atoms with Gasteiger partial charge in [0.1, 0.15) is 11.5 Å². The summed E-state index contributed by atoms with van der Waals surface area (Å²) >= 11 is 4.74. The van der Waals surface area contributed by atoms with Crippen LogP contribution in [-0.4, -0.2) is 35.3 Å². The van der Waals surface area contributed by atoms with E-state index in [-0.39, 0.29) is 4.77 Å². The Morgan fingerprint density at radius 3 is 2.64 bits per heavy atom. The predicted molar refractivity (Wildman–Crippen MR) is 75.0 cm³/mol. The van der Waals surface area contributed by atoms with Crippen LogP contribution in [0.3, 0.4) is 0 Å². The molecule has 118 valence electrons. The summed E-state index contributed by atoms with van der Waals surface area (Å²) in [5, 5.41) is 8.90. The molecule has 6 nitrogen and oxygen atoms in total. The first-order chi connectivity index (χ1) is 10.4. The van der Waals surface area contributed by atoms with Crippen LogP contribution < -0.4 is 9.47 Å². The largest absolute Gasteiger partial charge is 0.497 e. The smallest absolute Gasteiger partial charge is 0.453 e. The second-order valence-electron chi connectivity index (χ2n) is 4.01. The van der Waals surface area contributed by atoms with Crippen molar-refractivity contribution >= 4 is 18.4 Å². The Bertz CT molecular complexity index is 752. The molecule has 0 saturated carbocycles. The van der Waals surface area contributed by atoms with Crippen LogP contribution in [0, 0.1) is 4.77 Å². The van der Waals surface area contributed by atoms with Crippen molar-refractivity contribution in [3.05, 3.63) is 34.4 Å². The number of halogens is 3. The molecule has 22 heavy (non-hydrogen) atoms. The molecule has 1 aromatic carbocycles. The van der Waals surface area contributed by atoms with Gasteiger partial charge in [0.2, 0.25) is 4.77 Å². The number of nitrogens with zero attached hydrogens (tertiary/aromatic N) is 3. The van der Waals surface area contributed by atoms with Crippen molar-refractivity contribution in [1.29, 1.82) is 0 Å². The minimum atomic E-state index is -4.67. The highest BCUT2D eigenvalue weighted by Crippen LogP contribution is 2.28. The Morgan fingerprint density at radius 1 is 1.32 bits per heavy atom. The minimum Gasteiger partial charge on any atom is -0.497 e. The van der Waals surface area contributed by atoms with Crippen molar-refractivity contribution in [2.75, 3.05) is 14.2 Å². The second kappa shape index (κ2) is 6.18. The summed E-state index contributed by atoms with van der Waals surface area (Å²) < 4.78 is 48.7.